The summed E-state index contributed by atoms with van der Waals surface area (Å²) in [7, 11) is 0. The molecule has 0 aliphatic carbocycles. The Morgan fingerprint density at radius 3 is 2.45 bits per heavy atom. The lowest BCUT2D eigenvalue weighted by Gasteiger charge is -2.07. The first kappa shape index (κ1) is 20.5. The molecule has 1 N–H and O–H groups in total. The number of ether oxygens (including phenoxy) is 1. The van der Waals surface area contributed by atoms with E-state index >= 15 is 0 Å². The van der Waals surface area contributed by atoms with Gasteiger partial charge in [0.1, 0.15) is 6.54 Å². The van der Waals surface area contributed by atoms with E-state index in [-0.39, 0.29) is 12.5 Å². The molecule has 3 aromatic rings. The molecule has 1 amide bonds. The number of benzene rings is 1. The first-order valence-electron chi connectivity index (χ1n) is 9.42. The van der Waals surface area contributed by atoms with Gasteiger partial charge in [0.05, 0.1) is 12.2 Å². The van der Waals surface area contributed by atoms with Crippen LogP contribution in [0.1, 0.15) is 36.5 Å². The Kier molecular flexibility index (Phi) is 6.61. The second-order valence-electron chi connectivity index (χ2n) is 6.33. The second-order valence-corrected chi connectivity index (χ2v) is 6.69. The van der Waals surface area contributed by atoms with Crippen LogP contribution in [-0.4, -0.2) is 37.6 Å². The molecule has 8 nitrogen and oxygen atoms in total. The maximum Gasteiger partial charge on any atom is 0.338 e. The Labute approximate surface area is 173 Å². The number of nitrogens with one attached hydrogen (secondary N) is 1. The van der Waals surface area contributed by atoms with E-state index in [0.717, 1.165) is 18.7 Å². The van der Waals surface area contributed by atoms with E-state index in [0.29, 0.717) is 22.6 Å². The first-order valence-corrected chi connectivity index (χ1v) is 9.83. The number of esters is 1. The monoisotopic (exact) mass is 413 g/mol. The van der Waals surface area contributed by atoms with Gasteiger partial charge in [-0.25, -0.2) is 14.2 Å². The molecule has 0 saturated heterocycles. The van der Waals surface area contributed by atoms with E-state index in [1.54, 1.807) is 31.2 Å². The molecule has 0 aliphatic heterocycles. The molecule has 152 valence electrons. The molecule has 0 spiro atoms. The second kappa shape index (κ2) is 9.33. The summed E-state index contributed by atoms with van der Waals surface area (Å²) in [4.78, 5) is 24.2. The van der Waals surface area contributed by atoms with E-state index in [1.165, 1.54) is 4.68 Å². The van der Waals surface area contributed by atoms with Crippen LogP contribution in [0.5, 0.6) is 0 Å². The number of aryl methyl sites for hydroxylation is 1. The van der Waals surface area contributed by atoms with E-state index in [1.807, 2.05) is 33.9 Å². The summed E-state index contributed by atoms with van der Waals surface area (Å²) in [5.41, 5.74) is 1.01. The Balaban J connectivity index is 1.73. The zero-order valence-electron chi connectivity index (χ0n) is 16.4. The lowest BCUT2D eigenvalue weighted by atomic mass is 10.2. The molecule has 9 heteroatoms. The summed E-state index contributed by atoms with van der Waals surface area (Å²) in [6.45, 7) is 4.12. The molecule has 0 radical (unpaired) electrons. The highest BCUT2D eigenvalue weighted by Crippen LogP contribution is 2.12. The summed E-state index contributed by atoms with van der Waals surface area (Å²) in [6, 6.07) is 10.3. The summed E-state index contributed by atoms with van der Waals surface area (Å²) in [5, 5.41) is 7.32. The summed E-state index contributed by atoms with van der Waals surface area (Å²) >= 11 is 5.54. The molecule has 0 atom stereocenters. The minimum Gasteiger partial charge on any atom is -0.462 e. The zero-order valence-corrected chi connectivity index (χ0v) is 17.2. The number of amides is 1. The molecule has 0 saturated carbocycles. The van der Waals surface area contributed by atoms with Gasteiger partial charge >= 0.3 is 5.97 Å². The fourth-order valence-corrected chi connectivity index (χ4v) is 3.16. The van der Waals surface area contributed by atoms with Gasteiger partial charge in [-0.2, -0.15) is 5.10 Å². The highest BCUT2D eigenvalue weighted by atomic mass is 32.1. The van der Waals surface area contributed by atoms with E-state index in [9.17, 15) is 9.59 Å². The fourth-order valence-electron chi connectivity index (χ4n) is 2.86. The number of nitrogens with zero attached hydrogens (tertiary/aromatic N) is 4. The third-order valence-electron chi connectivity index (χ3n) is 4.15. The SMILES string of the molecule is CCCc1nn(CC(=O)Nc2ccc(C(=O)OCC)cc2)c(=S)n1-n1cccc1. The minimum absolute atomic E-state index is 0.0105. The third-order valence-corrected chi connectivity index (χ3v) is 4.53. The average Bonchev–Trinajstić information content (AvgIpc) is 3.31. The zero-order chi connectivity index (χ0) is 20.8. The molecule has 2 aromatic heterocycles. The van der Waals surface area contributed by atoms with Crippen LogP contribution in [0.3, 0.4) is 0 Å². The maximum atomic E-state index is 12.5. The summed E-state index contributed by atoms with van der Waals surface area (Å²) in [6.07, 6.45) is 5.41. The van der Waals surface area contributed by atoms with Gasteiger partial charge in [0.15, 0.2) is 5.82 Å². The maximum absolute atomic E-state index is 12.5. The molecule has 0 fully saturated rings. The Morgan fingerprint density at radius 2 is 1.83 bits per heavy atom. The van der Waals surface area contributed by atoms with Crippen molar-refractivity contribution in [2.24, 2.45) is 0 Å². The molecule has 2 heterocycles. The standard InChI is InChI=1S/C20H23N5O3S/c1-3-7-17-22-24(20(29)25(17)23-12-5-6-13-23)14-18(26)21-16-10-8-15(9-11-16)19(27)28-4-2/h5-6,8-13H,3-4,7,14H2,1-2H3,(H,21,26). The molecular formula is C20H23N5O3S. The van der Waals surface area contributed by atoms with Crippen molar-refractivity contribution >= 4 is 29.8 Å². The molecule has 0 aliphatic rings. The lowest BCUT2D eigenvalue weighted by Crippen LogP contribution is -2.20. The van der Waals surface area contributed by atoms with Crippen molar-refractivity contribution in [3.05, 3.63) is 65.0 Å². The predicted molar refractivity (Wildman–Crippen MR) is 111 cm³/mol. The normalized spacial score (nSPS) is 10.7. The van der Waals surface area contributed by atoms with E-state index in [2.05, 4.69) is 17.3 Å². The van der Waals surface area contributed by atoms with Gasteiger partial charge in [0.2, 0.25) is 10.7 Å². The van der Waals surface area contributed by atoms with E-state index < -0.39 is 5.97 Å². The molecular weight excluding hydrogens is 390 g/mol. The quantitative estimate of drug-likeness (QED) is 0.453. The third kappa shape index (κ3) is 4.80. The number of aromatic nitrogens is 4. The highest BCUT2D eigenvalue weighted by Gasteiger charge is 2.14. The van der Waals surface area contributed by atoms with Crippen molar-refractivity contribution < 1.29 is 14.3 Å². The van der Waals surface area contributed by atoms with Crippen molar-refractivity contribution in [3.63, 3.8) is 0 Å². The van der Waals surface area contributed by atoms with Crippen LogP contribution in [0.25, 0.3) is 0 Å². The molecule has 0 unspecified atom stereocenters. The summed E-state index contributed by atoms with van der Waals surface area (Å²) < 4.78 is 10.6. The van der Waals surface area contributed by atoms with Crippen molar-refractivity contribution in [3.8, 4) is 0 Å². The van der Waals surface area contributed by atoms with Crippen molar-refractivity contribution in [1.29, 1.82) is 0 Å². The average molecular weight is 414 g/mol. The molecule has 0 bridgehead atoms. The predicted octanol–water partition coefficient (Wildman–Crippen LogP) is 3.29. The van der Waals surface area contributed by atoms with Crippen LogP contribution < -0.4 is 5.32 Å². The van der Waals surface area contributed by atoms with Crippen molar-refractivity contribution in [1.82, 2.24) is 19.1 Å². The topological polar surface area (TPSA) is 83.1 Å². The number of carbonyl (C=O) groups excluding carboxylic acids is 2. The summed E-state index contributed by atoms with van der Waals surface area (Å²) in [5.74, 6) is 0.140. The van der Waals surface area contributed by atoms with Crippen molar-refractivity contribution in [2.45, 2.75) is 33.2 Å². The van der Waals surface area contributed by atoms with Gasteiger partial charge in [-0.05, 0) is 62.0 Å². The Hall–Kier alpha value is -3.20. The highest BCUT2D eigenvalue weighted by molar-refractivity contribution is 7.71. The van der Waals surface area contributed by atoms with Gasteiger partial charge in [-0.3, -0.25) is 9.47 Å². The van der Waals surface area contributed by atoms with Crippen LogP contribution >= 0.6 is 12.2 Å². The number of anilines is 1. The first-order chi connectivity index (χ1) is 14.0. The van der Waals surface area contributed by atoms with Crippen LogP contribution in [0.4, 0.5) is 5.69 Å². The van der Waals surface area contributed by atoms with Crippen LogP contribution in [0.2, 0.25) is 0 Å². The van der Waals surface area contributed by atoms with Gasteiger partial charge < -0.3 is 10.1 Å². The lowest BCUT2D eigenvalue weighted by molar-refractivity contribution is -0.116. The molecule has 1 aromatic carbocycles. The number of rotatable bonds is 8. The van der Waals surface area contributed by atoms with Gasteiger partial charge in [0, 0.05) is 24.5 Å². The fraction of sp³-hybridized carbons (Fsp3) is 0.300. The Morgan fingerprint density at radius 1 is 1.14 bits per heavy atom. The van der Waals surface area contributed by atoms with Crippen LogP contribution in [-0.2, 0) is 22.5 Å². The molecule has 3 rings (SSSR count). The number of carbonyl (C=O) groups is 2. The number of hydrogen-bond acceptors (Lipinski definition) is 5. The van der Waals surface area contributed by atoms with Gasteiger partial charge in [-0.1, -0.05) is 6.92 Å². The van der Waals surface area contributed by atoms with E-state index in [4.69, 9.17) is 17.0 Å². The number of hydrogen-bond donors (Lipinski definition) is 1. The Bertz CT molecular complexity index is 1040. The largest absolute Gasteiger partial charge is 0.462 e. The smallest absolute Gasteiger partial charge is 0.338 e. The van der Waals surface area contributed by atoms with Gasteiger partial charge in [0.25, 0.3) is 0 Å². The van der Waals surface area contributed by atoms with Gasteiger partial charge in [-0.15, -0.1) is 0 Å². The molecule has 29 heavy (non-hydrogen) atoms. The van der Waals surface area contributed by atoms with Crippen molar-refractivity contribution in [2.75, 3.05) is 11.9 Å². The van der Waals surface area contributed by atoms with Crippen LogP contribution in [0.15, 0.2) is 48.8 Å². The van der Waals surface area contributed by atoms with Crippen LogP contribution in [0, 0.1) is 4.77 Å². The minimum atomic E-state index is -0.393.